The third-order valence-corrected chi connectivity index (χ3v) is 2.70. The van der Waals surface area contributed by atoms with Gasteiger partial charge < -0.3 is 5.32 Å². The highest BCUT2D eigenvalue weighted by Crippen LogP contribution is 2.20. The Morgan fingerprint density at radius 3 is 3.00 bits per heavy atom. The van der Waals surface area contributed by atoms with Gasteiger partial charge in [0.2, 0.25) is 5.91 Å². The van der Waals surface area contributed by atoms with E-state index in [1.807, 2.05) is 12.3 Å². The highest BCUT2D eigenvalue weighted by atomic mass is 79.9. The molecule has 0 saturated heterocycles. The van der Waals surface area contributed by atoms with Crippen LogP contribution in [0.25, 0.3) is 0 Å². The van der Waals surface area contributed by atoms with Crippen LogP contribution in [-0.2, 0) is 4.79 Å². The number of carbonyl (C=O) groups excluding carboxylic acids is 1. The van der Waals surface area contributed by atoms with E-state index in [1.165, 1.54) is 11.8 Å². The van der Waals surface area contributed by atoms with Crippen LogP contribution in [0, 0.1) is 11.3 Å². The van der Waals surface area contributed by atoms with Gasteiger partial charge in [0, 0.05) is 4.47 Å². The van der Waals surface area contributed by atoms with Gasteiger partial charge in [-0.2, -0.15) is 17.0 Å². The Balaban J connectivity index is 2.86. The van der Waals surface area contributed by atoms with Crippen LogP contribution in [0.3, 0.4) is 0 Å². The lowest BCUT2D eigenvalue weighted by Crippen LogP contribution is -2.14. The van der Waals surface area contributed by atoms with Gasteiger partial charge in [0.15, 0.2) is 0 Å². The Morgan fingerprint density at radius 2 is 2.40 bits per heavy atom. The molecule has 0 unspecified atom stereocenters. The van der Waals surface area contributed by atoms with Gasteiger partial charge >= 0.3 is 0 Å². The predicted octanol–water partition coefficient (Wildman–Crippen LogP) is 2.62. The molecule has 1 aromatic rings. The normalized spacial score (nSPS) is 9.40. The van der Waals surface area contributed by atoms with E-state index in [9.17, 15) is 4.79 Å². The Morgan fingerprint density at radius 1 is 1.67 bits per heavy atom. The second-order valence-corrected chi connectivity index (χ2v) is 4.56. The van der Waals surface area contributed by atoms with Crippen molar-refractivity contribution in [2.24, 2.45) is 0 Å². The lowest BCUT2D eigenvalue weighted by atomic mass is 10.2. The van der Waals surface area contributed by atoms with E-state index < -0.39 is 0 Å². The van der Waals surface area contributed by atoms with Crippen LogP contribution in [-0.4, -0.2) is 17.9 Å². The van der Waals surface area contributed by atoms with Gasteiger partial charge in [-0.05, 0) is 24.5 Å². The minimum Gasteiger partial charge on any atom is -0.324 e. The molecule has 1 aromatic carbocycles. The molecular weight excluding hydrogens is 276 g/mol. The molecule has 0 aliphatic rings. The molecule has 0 heterocycles. The molecule has 0 bridgehead atoms. The van der Waals surface area contributed by atoms with Crippen LogP contribution in [0.1, 0.15) is 5.56 Å². The monoisotopic (exact) mass is 284 g/mol. The van der Waals surface area contributed by atoms with E-state index in [0.717, 1.165) is 4.47 Å². The molecule has 1 amide bonds. The fourth-order valence-corrected chi connectivity index (χ4v) is 1.73. The lowest BCUT2D eigenvalue weighted by molar-refractivity contribution is -0.113. The standard InChI is InChI=1S/C10H9BrN2OS/c1-15-6-10(14)13-9-3-2-8(11)4-7(9)5-12/h2-4H,6H2,1H3,(H,13,14). The summed E-state index contributed by atoms with van der Waals surface area (Å²) in [4.78, 5) is 11.3. The summed E-state index contributed by atoms with van der Waals surface area (Å²) in [6.07, 6.45) is 1.85. The Bertz CT molecular complexity index is 414. The molecule has 1 N–H and O–H groups in total. The first-order valence-electron chi connectivity index (χ1n) is 4.16. The van der Waals surface area contributed by atoms with Crippen molar-refractivity contribution in [1.82, 2.24) is 0 Å². The van der Waals surface area contributed by atoms with Crippen LogP contribution in [0.5, 0.6) is 0 Å². The zero-order chi connectivity index (χ0) is 11.3. The number of rotatable bonds is 3. The molecule has 78 valence electrons. The summed E-state index contributed by atoms with van der Waals surface area (Å²) in [5.74, 6) is 0.294. The molecule has 0 spiro atoms. The summed E-state index contributed by atoms with van der Waals surface area (Å²) in [5.41, 5.74) is 1.01. The minimum absolute atomic E-state index is 0.0960. The zero-order valence-corrected chi connectivity index (χ0v) is 10.5. The van der Waals surface area contributed by atoms with Crippen LogP contribution >= 0.6 is 27.7 Å². The average Bonchev–Trinajstić information content (AvgIpc) is 2.21. The van der Waals surface area contributed by atoms with Gasteiger partial charge in [-0.25, -0.2) is 0 Å². The molecular formula is C10H9BrN2OS. The largest absolute Gasteiger partial charge is 0.324 e. The molecule has 1 rings (SSSR count). The number of halogens is 1. The number of benzene rings is 1. The fourth-order valence-electron chi connectivity index (χ4n) is 1.04. The molecule has 0 radical (unpaired) electrons. The molecule has 0 aliphatic heterocycles. The first kappa shape index (κ1) is 12.1. The fraction of sp³-hybridized carbons (Fsp3) is 0.200. The predicted molar refractivity (Wildman–Crippen MR) is 65.9 cm³/mol. The van der Waals surface area contributed by atoms with Crippen molar-refractivity contribution in [2.75, 3.05) is 17.3 Å². The topological polar surface area (TPSA) is 52.9 Å². The molecule has 5 heteroatoms. The number of thioether (sulfide) groups is 1. The first-order chi connectivity index (χ1) is 7.17. The molecule has 0 saturated carbocycles. The summed E-state index contributed by atoms with van der Waals surface area (Å²) >= 11 is 4.71. The van der Waals surface area contributed by atoms with Crippen molar-refractivity contribution < 1.29 is 4.79 Å². The van der Waals surface area contributed by atoms with Gasteiger partial charge in [0.1, 0.15) is 6.07 Å². The highest BCUT2D eigenvalue weighted by Gasteiger charge is 2.06. The Labute approximate surface area is 101 Å². The maximum absolute atomic E-state index is 11.3. The van der Waals surface area contributed by atoms with Crippen molar-refractivity contribution in [3.63, 3.8) is 0 Å². The third kappa shape index (κ3) is 3.57. The van der Waals surface area contributed by atoms with Gasteiger partial charge in [0.05, 0.1) is 17.0 Å². The number of hydrogen-bond acceptors (Lipinski definition) is 3. The minimum atomic E-state index is -0.0960. The van der Waals surface area contributed by atoms with Gasteiger partial charge in [-0.15, -0.1) is 0 Å². The summed E-state index contributed by atoms with van der Waals surface area (Å²) in [7, 11) is 0. The zero-order valence-electron chi connectivity index (χ0n) is 8.08. The quantitative estimate of drug-likeness (QED) is 0.928. The molecule has 15 heavy (non-hydrogen) atoms. The number of nitrogens with one attached hydrogen (secondary N) is 1. The summed E-state index contributed by atoms with van der Waals surface area (Å²) in [6, 6.07) is 7.20. The van der Waals surface area contributed by atoms with E-state index in [0.29, 0.717) is 17.0 Å². The van der Waals surface area contributed by atoms with Crippen molar-refractivity contribution in [3.05, 3.63) is 28.2 Å². The highest BCUT2D eigenvalue weighted by molar-refractivity contribution is 9.10. The number of carbonyl (C=O) groups is 1. The van der Waals surface area contributed by atoms with E-state index in [4.69, 9.17) is 5.26 Å². The Hall–Kier alpha value is -0.990. The average molecular weight is 285 g/mol. The molecule has 0 atom stereocenters. The third-order valence-electron chi connectivity index (χ3n) is 1.65. The van der Waals surface area contributed by atoms with E-state index in [2.05, 4.69) is 21.2 Å². The number of hydrogen-bond donors (Lipinski definition) is 1. The lowest BCUT2D eigenvalue weighted by Gasteiger charge is -2.06. The van der Waals surface area contributed by atoms with Crippen molar-refractivity contribution in [3.8, 4) is 6.07 Å². The van der Waals surface area contributed by atoms with E-state index in [-0.39, 0.29) is 5.91 Å². The van der Waals surface area contributed by atoms with Crippen LogP contribution in [0.15, 0.2) is 22.7 Å². The molecule has 0 aromatic heterocycles. The maximum Gasteiger partial charge on any atom is 0.234 e. The number of amides is 1. The number of nitriles is 1. The van der Waals surface area contributed by atoms with E-state index in [1.54, 1.807) is 18.2 Å². The van der Waals surface area contributed by atoms with Crippen LogP contribution in [0.4, 0.5) is 5.69 Å². The Kier molecular flexibility index (Phi) is 4.66. The van der Waals surface area contributed by atoms with Gasteiger partial charge in [-0.1, -0.05) is 15.9 Å². The van der Waals surface area contributed by atoms with Crippen LogP contribution in [0.2, 0.25) is 0 Å². The second-order valence-electron chi connectivity index (χ2n) is 2.78. The smallest absolute Gasteiger partial charge is 0.234 e. The second kappa shape index (κ2) is 5.79. The summed E-state index contributed by atoms with van der Waals surface area (Å²) in [6.45, 7) is 0. The SMILES string of the molecule is CSCC(=O)Nc1ccc(Br)cc1C#N. The maximum atomic E-state index is 11.3. The van der Waals surface area contributed by atoms with Crippen molar-refractivity contribution in [2.45, 2.75) is 0 Å². The summed E-state index contributed by atoms with van der Waals surface area (Å²) < 4.78 is 0.821. The first-order valence-corrected chi connectivity index (χ1v) is 6.34. The summed E-state index contributed by atoms with van der Waals surface area (Å²) in [5, 5.41) is 11.5. The van der Waals surface area contributed by atoms with Crippen LogP contribution < -0.4 is 5.32 Å². The molecule has 0 aliphatic carbocycles. The number of anilines is 1. The van der Waals surface area contributed by atoms with Crippen molar-refractivity contribution >= 4 is 39.3 Å². The van der Waals surface area contributed by atoms with Crippen molar-refractivity contribution in [1.29, 1.82) is 5.26 Å². The van der Waals surface area contributed by atoms with Gasteiger partial charge in [-0.3, -0.25) is 4.79 Å². The molecule has 3 nitrogen and oxygen atoms in total. The van der Waals surface area contributed by atoms with E-state index >= 15 is 0 Å². The molecule has 0 fully saturated rings. The number of nitrogens with zero attached hydrogens (tertiary/aromatic N) is 1. The van der Waals surface area contributed by atoms with Gasteiger partial charge in [0.25, 0.3) is 0 Å².